The van der Waals surface area contributed by atoms with Gasteiger partial charge < -0.3 is 15.8 Å². The second kappa shape index (κ2) is 4.52. The van der Waals surface area contributed by atoms with Gasteiger partial charge in [0, 0.05) is 6.20 Å². The van der Waals surface area contributed by atoms with Crippen LogP contribution < -0.4 is 15.8 Å². The van der Waals surface area contributed by atoms with E-state index in [0.29, 0.717) is 22.8 Å². The summed E-state index contributed by atoms with van der Waals surface area (Å²) in [7, 11) is 1.47. The highest BCUT2D eigenvalue weighted by molar-refractivity contribution is 6.06. The summed E-state index contributed by atoms with van der Waals surface area (Å²) >= 11 is 0. The topological polar surface area (TPSA) is 106 Å². The summed E-state index contributed by atoms with van der Waals surface area (Å²) < 4.78 is 5.04. The van der Waals surface area contributed by atoms with Crippen molar-refractivity contribution in [1.82, 2.24) is 15.2 Å². The number of H-pyrrole nitrogens is 1. The van der Waals surface area contributed by atoms with Gasteiger partial charge in [-0.3, -0.25) is 14.9 Å². The third-order valence-electron chi connectivity index (χ3n) is 2.16. The Morgan fingerprint density at radius 2 is 2.35 bits per heavy atom. The zero-order chi connectivity index (χ0) is 12.3. The van der Waals surface area contributed by atoms with Crippen LogP contribution in [0, 0.1) is 0 Å². The van der Waals surface area contributed by atoms with E-state index in [4.69, 9.17) is 10.5 Å². The number of hydrogen-bond donors (Lipinski definition) is 3. The number of ether oxygens (including phenoxy) is 1. The Labute approximate surface area is 97.0 Å². The van der Waals surface area contributed by atoms with Crippen LogP contribution >= 0.6 is 0 Å². The maximum atomic E-state index is 11.9. The van der Waals surface area contributed by atoms with Crippen molar-refractivity contribution in [2.24, 2.45) is 0 Å². The smallest absolute Gasteiger partial charge is 0.260 e. The SMILES string of the molecule is COc1cnccc1C(=O)Nc1[nH]ncc1N. The third kappa shape index (κ3) is 2.17. The van der Waals surface area contributed by atoms with E-state index in [0.717, 1.165) is 0 Å². The lowest BCUT2D eigenvalue weighted by Gasteiger charge is -2.07. The van der Waals surface area contributed by atoms with Gasteiger partial charge >= 0.3 is 0 Å². The minimum atomic E-state index is -0.347. The van der Waals surface area contributed by atoms with Gasteiger partial charge in [0.2, 0.25) is 0 Å². The fraction of sp³-hybridized carbons (Fsp3) is 0.100. The number of amides is 1. The Bertz CT molecular complexity index is 537. The Morgan fingerprint density at radius 1 is 1.53 bits per heavy atom. The van der Waals surface area contributed by atoms with Crippen molar-refractivity contribution in [3.8, 4) is 5.75 Å². The minimum Gasteiger partial charge on any atom is -0.494 e. The van der Waals surface area contributed by atoms with Gasteiger partial charge in [0.25, 0.3) is 5.91 Å². The molecule has 0 aliphatic heterocycles. The molecule has 0 atom stereocenters. The van der Waals surface area contributed by atoms with Crippen LogP contribution in [-0.2, 0) is 0 Å². The van der Waals surface area contributed by atoms with Crippen LogP contribution in [0.4, 0.5) is 11.5 Å². The summed E-state index contributed by atoms with van der Waals surface area (Å²) in [6.07, 6.45) is 4.39. The van der Waals surface area contributed by atoms with Gasteiger partial charge in [0.15, 0.2) is 5.82 Å². The lowest BCUT2D eigenvalue weighted by atomic mass is 10.2. The number of nitrogens with zero attached hydrogens (tertiary/aromatic N) is 2. The number of nitrogens with one attached hydrogen (secondary N) is 2. The Kier molecular flexibility index (Phi) is 2.91. The fourth-order valence-electron chi connectivity index (χ4n) is 1.31. The molecule has 7 nitrogen and oxygen atoms in total. The first-order valence-electron chi connectivity index (χ1n) is 4.80. The van der Waals surface area contributed by atoms with Gasteiger partial charge in [-0.15, -0.1) is 0 Å². The van der Waals surface area contributed by atoms with Crippen LogP contribution in [0.3, 0.4) is 0 Å². The van der Waals surface area contributed by atoms with E-state index in [9.17, 15) is 4.79 Å². The Hall–Kier alpha value is -2.57. The molecule has 2 heterocycles. The Balaban J connectivity index is 2.23. The van der Waals surface area contributed by atoms with Gasteiger partial charge in [-0.25, -0.2) is 0 Å². The molecule has 7 heteroatoms. The summed E-state index contributed by atoms with van der Waals surface area (Å²) in [5.74, 6) is 0.400. The molecular weight excluding hydrogens is 222 g/mol. The average Bonchev–Trinajstić information content (AvgIpc) is 2.75. The molecule has 4 N–H and O–H groups in total. The van der Waals surface area contributed by atoms with Crippen molar-refractivity contribution in [1.29, 1.82) is 0 Å². The van der Waals surface area contributed by atoms with Crippen molar-refractivity contribution in [2.45, 2.75) is 0 Å². The summed E-state index contributed by atoms with van der Waals surface area (Å²) in [4.78, 5) is 15.8. The summed E-state index contributed by atoms with van der Waals surface area (Å²) in [6, 6.07) is 1.56. The molecule has 0 fully saturated rings. The first-order chi connectivity index (χ1) is 8.22. The van der Waals surface area contributed by atoms with Gasteiger partial charge in [-0.05, 0) is 6.07 Å². The summed E-state index contributed by atoms with van der Waals surface area (Å²) in [5.41, 5.74) is 6.32. The number of carbonyl (C=O) groups excluding carboxylic acids is 1. The number of aromatic nitrogens is 3. The second-order valence-electron chi connectivity index (χ2n) is 3.23. The van der Waals surface area contributed by atoms with E-state index < -0.39 is 0 Å². The van der Waals surface area contributed by atoms with E-state index in [1.807, 2.05) is 0 Å². The van der Waals surface area contributed by atoms with E-state index in [2.05, 4.69) is 20.5 Å². The van der Waals surface area contributed by atoms with Gasteiger partial charge in [0.1, 0.15) is 5.75 Å². The van der Waals surface area contributed by atoms with Gasteiger partial charge in [0.05, 0.1) is 30.8 Å². The lowest BCUT2D eigenvalue weighted by Crippen LogP contribution is -2.14. The van der Waals surface area contributed by atoms with Crippen molar-refractivity contribution < 1.29 is 9.53 Å². The maximum absolute atomic E-state index is 11.9. The first kappa shape index (κ1) is 10.9. The molecule has 88 valence electrons. The molecule has 2 aromatic rings. The van der Waals surface area contributed by atoms with E-state index in [1.165, 1.54) is 25.7 Å². The van der Waals surface area contributed by atoms with Crippen LogP contribution in [0.15, 0.2) is 24.7 Å². The van der Waals surface area contributed by atoms with Crippen molar-refractivity contribution in [3.05, 3.63) is 30.2 Å². The van der Waals surface area contributed by atoms with Crippen LogP contribution in [0.5, 0.6) is 5.75 Å². The molecule has 0 spiro atoms. The molecule has 1 amide bonds. The minimum absolute atomic E-state index is 0.347. The zero-order valence-electron chi connectivity index (χ0n) is 9.10. The summed E-state index contributed by atoms with van der Waals surface area (Å²) in [5, 5.41) is 8.87. The fourth-order valence-corrected chi connectivity index (χ4v) is 1.31. The highest BCUT2D eigenvalue weighted by Gasteiger charge is 2.13. The first-order valence-corrected chi connectivity index (χ1v) is 4.80. The molecule has 0 saturated heterocycles. The molecule has 0 bridgehead atoms. The number of pyridine rings is 1. The monoisotopic (exact) mass is 233 g/mol. The number of hydrogen-bond acceptors (Lipinski definition) is 5. The number of carbonyl (C=O) groups is 1. The maximum Gasteiger partial charge on any atom is 0.260 e. The van der Waals surface area contributed by atoms with Gasteiger partial charge in [-0.1, -0.05) is 0 Å². The molecular formula is C10H11N5O2. The Morgan fingerprint density at radius 3 is 3.00 bits per heavy atom. The number of rotatable bonds is 3. The highest BCUT2D eigenvalue weighted by atomic mass is 16.5. The average molecular weight is 233 g/mol. The summed E-state index contributed by atoms with van der Waals surface area (Å²) in [6.45, 7) is 0. The molecule has 2 rings (SSSR count). The number of anilines is 2. The van der Waals surface area contributed by atoms with Crippen molar-refractivity contribution >= 4 is 17.4 Å². The number of nitrogens with two attached hydrogens (primary N) is 1. The molecule has 0 aliphatic rings. The van der Waals surface area contributed by atoms with Crippen LogP contribution in [0.25, 0.3) is 0 Å². The van der Waals surface area contributed by atoms with Crippen molar-refractivity contribution in [2.75, 3.05) is 18.2 Å². The number of methoxy groups -OCH3 is 1. The predicted octanol–water partition coefficient (Wildman–Crippen LogP) is 0.648. The lowest BCUT2D eigenvalue weighted by molar-refractivity contribution is 0.102. The van der Waals surface area contributed by atoms with E-state index in [1.54, 1.807) is 6.07 Å². The quantitative estimate of drug-likeness (QED) is 0.721. The van der Waals surface area contributed by atoms with Gasteiger partial charge in [-0.2, -0.15) is 5.10 Å². The highest BCUT2D eigenvalue weighted by Crippen LogP contribution is 2.19. The second-order valence-corrected chi connectivity index (χ2v) is 3.23. The molecule has 0 aliphatic carbocycles. The molecule has 2 aromatic heterocycles. The zero-order valence-corrected chi connectivity index (χ0v) is 9.10. The van der Waals surface area contributed by atoms with Crippen LogP contribution in [0.2, 0.25) is 0 Å². The van der Waals surface area contributed by atoms with E-state index >= 15 is 0 Å². The molecule has 0 radical (unpaired) electrons. The van der Waals surface area contributed by atoms with Crippen molar-refractivity contribution in [3.63, 3.8) is 0 Å². The normalized spacial score (nSPS) is 9.94. The number of aromatic amines is 1. The van der Waals surface area contributed by atoms with E-state index in [-0.39, 0.29) is 5.91 Å². The molecule has 0 unspecified atom stereocenters. The molecule has 17 heavy (non-hydrogen) atoms. The van der Waals surface area contributed by atoms with Crippen LogP contribution in [0.1, 0.15) is 10.4 Å². The largest absolute Gasteiger partial charge is 0.494 e. The third-order valence-corrected chi connectivity index (χ3v) is 2.16. The standard InChI is InChI=1S/C10H11N5O2/c1-17-8-5-12-3-2-6(8)10(16)14-9-7(11)4-13-15-9/h2-5H,11H2,1H3,(H2,13,14,15,16). The predicted molar refractivity (Wildman–Crippen MR) is 61.7 cm³/mol. The number of nitrogen functional groups attached to an aromatic ring is 1. The molecule has 0 aromatic carbocycles. The molecule has 0 saturated carbocycles. The van der Waals surface area contributed by atoms with Crippen LogP contribution in [-0.4, -0.2) is 28.2 Å².